The number of nitrogens with one attached hydrogen (secondary N) is 1. The van der Waals surface area contributed by atoms with E-state index in [-0.39, 0.29) is 0 Å². The molecule has 6 nitrogen and oxygen atoms in total. The third kappa shape index (κ3) is 3.35. The van der Waals surface area contributed by atoms with Crippen molar-refractivity contribution in [1.29, 1.82) is 0 Å². The SMILES string of the molecule is CN(C)c1ccc(/C=N\n2c(-c3ccncc3)n[nH]c2=S)cc1. The van der Waals surface area contributed by atoms with Crippen LogP contribution in [0.1, 0.15) is 5.56 Å². The standard InChI is InChI=1S/C16H16N6S/c1-21(2)14-5-3-12(4-6-14)11-18-22-15(19-20-16(22)23)13-7-9-17-10-8-13/h3-11H,1-2H3,(H,20,23)/b18-11-. The Balaban J connectivity index is 1.91. The molecule has 3 rings (SSSR count). The molecule has 1 aromatic carbocycles. The fraction of sp³-hybridized carbons (Fsp3) is 0.125. The van der Waals surface area contributed by atoms with Crippen LogP contribution < -0.4 is 4.90 Å². The summed E-state index contributed by atoms with van der Waals surface area (Å²) in [4.78, 5) is 6.06. The summed E-state index contributed by atoms with van der Waals surface area (Å²) in [6.45, 7) is 0. The first-order valence-electron chi connectivity index (χ1n) is 7.05. The van der Waals surface area contributed by atoms with Gasteiger partial charge >= 0.3 is 0 Å². The molecule has 1 N–H and O–H groups in total. The van der Waals surface area contributed by atoms with Gasteiger partial charge in [0.15, 0.2) is 5.82 Å². The molecule has 2 aromatic heterocycles. The maximum absolute atomic E-state index is 5.25. The number of H-pyrrole nitrogens is 1. The molecule has 2 heterocycles. The predicted octanol–water partition coefficient (Wildman–Crippen LogP) is 2.95. The highest BCUT2D eigenvalue weighted by atomic mass is 32.1. The van der Waals surface area contributed by atoms with Gasteiger partial charge in [0.05, 0.1) is 6.21 Å². The molecule has 0 atom stereocenters. The van der Waals surface area contributed by atoms with Crippen LogP contribution in [0.2, 0.25) is 0 Å². The molecule has 0 saturated carbocycles. The fourth-order valence-corrected chi connectivity index (χ4v) is 2.25. The number of nitrogens with zero attached hydrogens (tertiary/aromatic N) is 5. The first kappa shape index (κ1) is 15.1. The van der Waals surface area contributed by atoms with Gasteiger partial charge in [-0.3, -0.25) is 4.98 Å². The molecular weight excluding hydrogens is 308 g/mol. The number of aromatic amines is 1. The quantitative estimate of drug-likeness (QED) is 0.592. The molecule has 0 fully saturated rings. The largest absolute Gasteiger partial charge is 0.378 e. The van der Waals surface area contributed by atoms with Gasteiger partial charge in [0.25, 0.3) is 0 Å². The summed E-state index contributed by atoms with van der Waals surface area (Å²) < 4.78 is 2.04. The average molecular weight is 324 g/mol. The summed E-state index contributed by atoms with van der Waals surface area (Å²) in [6.07, 6.45) is 5.18. The predicted molar refractivity (Wildman–Crippen MR) is 94.4 cm³/mol. The average Bonchev–Trinajstić information content (AvgIpc) is 2.95. The maximum atomic E-state index is 5.25. The highest BCUT2D eigenvalue weighted by Crippen LogP contribution is 2.16. The Labute approximate surface area is 139 Å². The second-order valence-electron chi connectivity index (χ2n) is 5.13. The molecule has 0 saturated heterocycles. The number of benzene rings is 1. The van der Waals surface area contributed by atoms with Crippen LogP contribution in [0.15, 0.2) is 53.9 Å². The van der Waals surface area contributed by atoms with Gasteiger partial charge in [0, 0.05) is 37.7 Å². The number of anilines is 1. The molecule has 0 unspecified atom stereocenters. The highest BCUT2D eigenvalue weighted by molar-refractivity contribution is 7.71. The summed E-state index contributed by atoms with van der Waals surface area (Å²) in [7, 11) is 4.02. The maximum Gasteiger partial charge on any atom is 0.216 e. The van der Waals surface area contributed by atoms with E-state index >= 15 is 0 Å². The van der Waals surface area contributed by atoms with Crippen molar-refractivity contribution in [1.82, 2.24) is 19.9 Å². The van der Waals surface area contributed by atoms with Gasteiger partial charge in [-0.2, -0.15) is 14.9 Å². The molecule has 0 amide bonds. The van der Waals surface area contributed by atoms with Crippen LogP contribution in [0.25, 0.3) is 11.4 Å². The normalized spacial score (nSPS) is 11.0. The molecular formula is C16H16N6S. The highest BCUT2D eigenvalue weighted by Gasteiger charge is 2.07. The van der Waals surface area contributed by atoms with Gasteiger partial charge in [0.2, 0.25) is 4.77 Å². The number of pyridine rings is 1. The lowest BCUT2D eigenvalue weighted by Gasteiger charge is -2.11. The lowest BCUT2D eigenvalue weighted by atomic mass is 10.2. The third-order valence-corrected chi connectivity index (χ3v) is 3.58. The van der Waals surface area contributed by atoms with Crippen molar-refractivity contribution in [3.8, 4) is 11.4 Å². The van der Waals surface area contributed by atoms with Crippen molar-refractivity contribution >= 4 is 24.1 Å². The van der Waals surface area contributed by atoms with E-state index in [0.717, 1.165) is 16.8 Å². The molecule has 116 valence electrons. The minimum atomic E-state index is 0.443. The lowest BCUT2D eigenvalue weighted by Crippen LogP contribution is -2.08. The van der Waals surface area contributed by atoms with Crippen molar-refractivity contribution < 1.29 is 0 Å². The molecule has 0 aliphatic carbocycles. The van der Waals surface area contributed by atoms with E-state index in [1.807, 2.05) is 50.5 Å². The zero-order chi connectivity index (χ0) is 16.2. The second-order valence-corrected chi connectivity index (χ2v) is 5.52. The zero-order valence-corrected chi connectivity index (χ0v) is 13.7. The van der Waals surface area contributed by atoms with Gasteiger partial charge < -0.3 is 4.90 Å². The smallest absolute Gasteiger partial charge is 0.216 e. The van der Waals surface area contributed by atoms with E-state index in [2.05, 4.69) is 25.2 Å². The van der Waals surface area contributed by atoms with Crippen LogP contribution in [0, 0.1) is 4.77 Å². The lowest BCUT2D eigenvalue weighted by molar-refractivity contribution is 0.871. The van der Waals surface area contributed by atoms with Gasteiger partial charge in [-0.15, -0.1) is 0 Å². The third-order valence-electron chi connectivity index (χ3n) is 3.32. The molecule has 0 bridgehead atoms. The number of aromatic nitrogens is 4. The Kier molecular flexibility index (Phi) is 4.29. The molecule has 0 aliphatic heterocycles. The summed E-state index contributed by atoms with van der Waals surface area (Å²) in [5, 5.41) is 11.5. The van der Waals surface area contributed by atoms with Crippen LogP contribution in [0.3, 0.4) is 0 Å². The topological polar surface area (TPSA) is 62.1 Å². The molecule has 23 heavy (non-hydrogen) atoms. The van der Waals surface area contributed by atoms with E-state index in [1.54, 1.807) is 23.3 Å². The van der Waals surface area contributed by atoms with E-state index in [1.165, 1.54) is 0 Å². The van der Waals surface area contributed by atoms with E-state index in [4.69, 9.17) is 12.2 Å². The van der Waals surface area contributed by atoms with Crippen LogP contribution in [0.5, 0.6) is 0 Å². The molecule has 7 heteroatoms. The van der Waals surface area contributed by atoms with Crippen LogP contribution in [-0.4, -0.2) is 40.2 Å². The van der Waals surface area contributed by atoms with Crippen molar-refractivity contribution in [2.24, 2.45) is 5.10 Å². The van der Waals surface area contributed by atoms with Crippen molar-refractivity contribution in [3.05, 3.63) is 59.1 Å². The summed E-state index contributed by atoms with van der Waals surface area (Å²) in [5.74, 6) is 0.651. The van der Waals surface area contributed by atoms with Crippen molar-refractivity contribution in [2.45, 2.75) is 0 Å². The Morgan fingerprint density at radius 1 is 1.13 bits per heavy atom. The second kappa shape index (κ2) is 6.53. The molecule has 0 aliphatic rings. The number of hydrogen-bond donors (Lipinski definition) is 1. The molecule has 3 aromatic rings. The van der Waals surface area contributed by atoms with Crippen LogP contribution in [0.4, 0.5) is 5.69 Å². The minimum Gasteiger partial charge on any atom is -0.378 e. The number of rotatable bonds is 4. The van der Waals surface area contributed by atoms with Gasteiger partial charge in [-0.1, -0.05) is 12.1 Å². The van der Waals surface area contributed by atoms with Crippen molar-refractivity contribution in [3.63, 3.8) is 0 Å². The van der Waals surface area contributed by atoms with Crippen molar-refractivity contribution in [2.75, 3.05) is 19.0 Å². The fourth-order valence-electron chi connectivity index (χ4n) is 2.07. The summed E-state index contributed by atoms with van der Waals surface area (Å²) in [6, 6.07) is 11.8. The first-order chi connectivity index (χ1) is 11.1. The first-order valence-corrected chi connectivity index (χ1v) is 7.45. The molecule has 0 radical (unpaired) electrons. The Morgan fingerprint density at radius 2 is 1.83 bits per heavy atom. The Bertz CT molecular complexity index is 862. The monoisotopic (exact) mass is 324 g/mol. The van der Waals surface area contributed by atoms with Gasteiger partial charge in [-0.25, -0.2) is 5.10 Å². The van der Waals surface area contributed by atoms with Gasteiger partial charge in [-0.05, 0) is 42.0 Å². The van der Waals surface area contributed by atoms with E-state index in [9.17, 15) is 0 Å². The van der Waals surface area contributed by atoms with Crippen LogP contribution >= 0.6 is 12.2 Å². The van der Waals surface area contributed by atoms with Crippen LogP contribution in [-0.2, 0) is 0 Å². The number of hydrogen-bond acceptors (Lipinski definition) is 5. The van der Waals surface area contributed by atoms with E-state index in [0.29, 0.717) is 10.6 Å². The zero-order valence-electron chi connectivity index (χ0n) is 12.8. The summed E-state index contributed by atoms with van der Waals surface area (Å²) in [5.41, 5.74) is 3.02. The summed E-state index contributed by atoms with van der Waals surface area (Å²) >= 11 is 5.25. The minimum absolute atomic E-state index is 0.443. The van der Waals surface area contributed by atoms with E-state index < -0.39 is 0 Å². The Hall–Kier alpha value is -2.80. The Morgan fingerprint density at radius 3 is 2.48 bits per heavy atom. The van der Waals surface area contributed by atoms with Gasteiger partial charge in [0.1, 0.15) is 0 Å². The molecule has 0 spiro atoms.